The highest BCUT2D eigenvalue weighted by molar-refractivity contribution is 7.20. The smallest absolute Gasteiger partial charge is 0.258 e. The van der Waals surface area contributed by atoms with Gasteiger partial charge in [0.15, 0.2) is 0 Å². The molecular formula is C14H12Cl2N2O3S. The molecule has 22 heavy (non-hydrogen) atoms. The first-order valence-corrected chi connectivity index (χ1v) is 7.72. The van der Waals surface area contributed by atoms with Crippen LogP contribution in [-0.2, 0) is 9.53 Å². The summed E-state index contributed by atoms with van der Waals surface area (Å²) in [5.74, 6) is -0.646. The Bertz CT molecular complexity index is 703. The Hall–Kier alpha value is -1.60. The molecule has 2 rings (SSSR count). The number of halogens is 2. The number of nitrogens with one attached hydrogen (secondary N) is 2. The molecule has 8 heteroatoms. The molecule has 1 aromatic heterocycles. The van der Waals surface area contributed by atoms with E-state index in [9.17, 15) is 9.59 Å². The molecule has 2 aromatic rings. The lowest BCUT2D eigenvalue weighted by atomic mass is 10.2. The first-order valence-electron chi connectivity index (χ1n) is 6.14. The Balaban J connectivity index is 2.08. The molecule has 2 amide bonds. The van der Waals surface area contributed by atoms with Crippen molar-refractivity contribution in [2.75, 3.05) is 24.4 Å². The Morgan fingerprint density at radius 1 is 1.18 bits per heavy atom. The van der Waals surface area contributed by atoms with Gasteiger partial charge in [-0.25, -0.2) is 0 Å². The van der Waals surface area contributed by atoms with E-state index in [4.69, 9.17) is 27.9 Å². The number of methoxy groups -OCH3 is 1. The molecule has 2 N–H and O–H groups in total. The van der Waals surface area contributed by atoms with Crippen LogP contribution < -0.4 is 10.6 Å². The van der Waals surface area contributed by atoms with E-state index >= 15 is 0 Å². The van der Waals surface area contributed by atoms with E-state index in [2.05, 4.69) is 10.6 Å². The topological polar surface area (TPSA) is 67.4 Å². The van der Waals surface area contributed by atoms with Crippen molar-refractivity contribution >= 4 is 57.7 Å². The lowest BCUT2D eigenvalue weighted by molar-refractivity contribution is -0.119. The highest BCUT2D eigenvalue weighted by Crippen LogP contribution is 2.31. The van der Waals surface area contributed by atoms with Crippen LogP contribution in [0.1, 0.15) is 10.4 Å². The van der Waals surface area contributed by atoms with Crippen LogP contribution >= 0.6 is 34.5 Å². The first kappa shape index (κ1) is 16.8. The van der Waals surface area contributed by atoms with Gasteiger partial charge in [0.25, 0.3) is 5.91 Å². The Kier molecular flexibility index (Phi) is 5.79. The molecule has 0 atom stereocenters. The summed E-state index contributed by atoms with van der Waals surface area (Å²) in [6.45, 7) is -0.0421. The number of hydrogen-bond donors (Lipinski definition) is 2. The quantitative estimate of drug-likeness (QED) is 0.851. The van der Waals surface area contributed by atoms with E-state index in [1.807, 2.05) is 0 Å². The van der Waals surface area contributed by atoms with Crippen molar-refractivity contribution in [3.05, 3.63) is 44.6 Å². The van der Waals surface area contributed by atoms with Gasteiger partial charge in [-0.05, 0) is 24.3 Å². The number of carbonyl (C=O) groups excluding carboxylic acids is 2. The van der Waals surface area contributed by atoms with Crippen molar-refractivity contribution < 1.29 is 14.3 Å². The van der Waals surface area contributed by atoms with Gasteiger partial charge < -0.3 is 15.4 Å². The molecule has 1 aromatic carbocycles. The second kappa shape index (κ2) is 7.60. The fraction of sp³-hybridized carbons (Fsp3) is 0.143. The lowest BCUT2D eigenvalue weighted by Gasteiger charge is -2.08. The zero-order valence-electron chi connectivity index (χ0n) is 11.5. The van der Waals surface area contributed by atoms with Crippen molar-refractivity contribution in [1.29, 1.82) is 0 Å². The SMILES string of the molecule is COCC(=O)Nc1cccc(NC(=O)c2cc(Cl)sc2Cl)c1. The van der Waals surface area contributed by atoms with Crippen LogP contribution in [0.5, 0.6) is 0 Å². The van der Waals surface area contributed by atoms with Crippen molar-refractivity contribution in [1.82, 2.24) is 0 Å². The summed E-state index contributed by atoms with van der Waals surface area (Å²) in [7, 11) is 1.44. The number of carbonyl (C=O) groups is 2. The number of thiophene rings is 1. The zero-order valence-corrected chi connectivity index (χ0v) is 13.8. The first-order chi connectivity index (χ1) is 10.5. The van der Waals surface area contributed by atoms with Crippen LogP contribution in [0.15, 0.2) is 30.3 Å². The van der Waals surface area contributed by atoms with Gasteiger partial charge >= 0.3 is 0 Å². The summed E-state index contributed by atoms with van der Waals surface area (Å²) in [5.41, 5.74) is 1.39. The van der Waals surface area contributed by atoms with Crippen LogP contribution in [0.3, 0.4) is 0 Å². The van der Waals surface area contributed by atoms with E-state index < -0.39 is 0 Å². The minimum Gasteiger partial charge on any atom is -0.375 e. The Morgan fingerprint density at radius 2 is 1.86 bits per heavy atom. The predicted octanol–water partition coefficient (Wildman–Crippen LogP) is 3.89. The standard InChI is InChI=1S/C14H12Cl2N2O3S/c1-21-7-12(19)17-8-3-2-4-9(5-8)18-14(20)10-6-11(15)22-13(10)16/h2-6H,7H2,1H3,(H,17,19)(H,18,20). The molecule has 0 unspecified atom stereocenters. The van der Waals surface area contributed by atoms with Crippen LogP contribution in [0.4, 0.5) is 11.4 Å². The third-order valence-corrected chi connectivity index (χ3v) is 4.07. The molecule has 116 valence electrons. The molecule has 0 saturated heterocycles. The summed E-state index contributed by atoms with van der Waals surface area (Å²) in [5, 5.41) is 5.35. The zero-order chi connectivity index (χ0) is 16.1. The van der Waals surface area contributed by atoms with Gasteiger partial charge in [0.2, 0.25) is 5.91 Å². The normalized spacial score (nSPS) is 10.3. The number of benzene rings is 1. The summed E-state index contributed by atoms with van der Waals surface area (Å²) in [6, 6.07) is 8.26. The van der Waals surface area contributed by atoms with E-state index in [1.165, 1.54) is 13.2 Å². The van der Waals surface area contributed by atoms with Gasteiger partial charge in [-0.1, -0.05) is 29.3 Å². The number of ether oxygens (including phenoxy) is 1. The molecule has 1 heterocycles. The average molecular weight is 359 g/mol. The fourth-order valence-corrected chi connectivity index (χ4v) is 3.15. The number of rotatable bonds is 5. The van der Waals surface area contributed by atoms with Crippen LogP contribution in [-0.4, -0.2) is 25.5 Å². The summed E-state index contributed by atoms with van der Waals surface area (Å²) < 4.78 is 5.50. The van der Waals surface area contributed by atoms with E-state index in [0.29, 0.717) is 25.6 Å². The largest absolute Gasteiger partial charge is 0.375 e. The van der Waals surface area contributed by atoms with E-state index in [-0.39, 0.29) is 18.4 Å². The summed E-state index contributed by atoms with van der Waals surface area (Å²) in [4.78, 5) is 23.6. The Morgan fingerprint density at radius 3 is 2.45 bits per heavy atom. The molecular weight excluding hydrogens is 347 g/mol. The number of hydrogen-bond acceptors (Lipinski definition) is 4. The van der Waals surface area contributed by atoms with E-state index in [0.717, 1.165) is 11.3 Å². The summed E-state index contributed by atoms with van der Waals surface area (Å²) >= 11 is 12.9. The van der Waals surface area contributed by atoms with Gasteiger partial charge in [-0.2, -0.15) is 0 Å². The molecule has 5 nitrogen and oxygen atoms in total. The molecule has 0 aliphatic carbocycles. The third kappa shape index (κ3) is 4.45. The van der Waals surface area contributed by atoms with Crippen molar-refractivity contribution in [3.8, 4) is 0 Å². The van der Waals surface area contributed by atoms with Gasteiger partial charge in [-0.15, -0.1) is 11.3 Å². The van der Waals surface area contributed by atoms with Crippen molar-refractivity contribution in [3.63, 3.8) is 0 Å². The Labute approximate surface area is 141 Å². The molecule has 0 fully saturated rings. The average Bonchev–Trinajstić information content (AvgIpc) is 2.78. The van der Waals surface area contributed by atoms with E-state index in [1.54, 1.807) is 24.3 Å². The fourth-order valence-electron chi connectivity index (χ4n) is 1.70. The molecule has 0 radical (unpaired) electrons. The maximum atomic E-state index is 12.1. The predicted molar refractivity (Wildman–Crippen MR) is 89.2 cm³/mol. The maximum Gasteiger partial charge on any atom is 0.258 e. The third-order valence-electron chi connectivity index (χ3n) is 2.58. The highest BCUT2D eigenvalue weighted by Gasteiger charge is 2.14. The maximum absolute atomic E-state index is 12.1. The second-order valence-electron chi connectivity index (χ2n) is 4.25. The van der Waals surface area contributed by atoms with Crippen molar-refractivity contribution in [2.24, 2.45) is 0 Å². The molecule has 0 saturated carbocycles. The van der Waals surface area contributed by atoms with Gasteiger partial charge in [0.05, 0.1) is 9.90 Å². The minimum atomic E-state index is -0.367. The van der Waals surface area contributed by atoms with Crippen molar-refractivity contribution in [2.45, 2.75) is 0 Å². The number of anilines is 2. The van der Waals surface area contributed by atoms with Crippen LogP contribution in [0.25, 0.3) is 0 Å². The highest BCUT2D eigenvalue weighted by atomic mass is 35.5. The number of amides is 2. The van der Waals surface area contributed by atoms with Gasteiger partial charge in [0.1, 0.15) is 10.9 Å². The van der Waals surface area contributed by atoms with Crippen LogP contribution in [0.2, 0.25) is 8.67 Å². The monoisotopic (exact) mass is 358 g/mol. The minimum absolute atomic E-state index is 0.0421. The van der Waals surface area contributed by atoms with Crippen LogP contribution in [0, 0.1) is 0 Å². The van der Waals surface area contributed by atoms with Gasteiger partial charge in [0, 0.05) is 18.5 Å². The molecule has 0 bridgehead atoms. The molecule has 0 spiro atoms. The van der Waals surface area contributed by atoms with Gasteiger partial charge in [-0.3, -0.25) is 9.59 Å². The summed E-state index contributed by atoms with van der Waals surface area (Å²) in [6.07, 6.45) is 0. The lowest BCUT2D eigenvalue weighted by Crippen LogP contribution is -2.17. The molecule has 0 aliphatic heterocycles. The molecule has 0 aliphatic rings. The second-order valence-corrected chi connectivity index (χ2v) is 6.54.